The predicted molar refractivity (Wildman–Crippen MR) is 86.8 cm³/mol. The Hall–Kier alpha value is -1.79. The number of carbonyl (C=O) groups excluding carboxylic acids is 1. The monoisotopic (exact) mass is 343 g/mol. The molecule has 1 aromatic carbocycles. The summed E-state index contributed by atoms with van der Waals surface area (Å²) >= 11 is 5.79. The van der Waals surface area contributed by atoms with Gasteiger partial charge < -0.3 is 19.9 Å². The number of carboxylic acid groups (broad SMARTS) is 1. The summed E-state index contributed by atoms with van der Waals surface area (Å²) in [5.74, 6) is -1.06. The van der Waals surface area contributed by atoms with Gasteiger partial charge in [-0.05, 0) is 38.5 Å². The molecular weight excluding hydrogens is 322 g/mol. The lowest BCUT2D eigenvalue weighted by atomic mass is 10.1. The summed E-state index contributed by atoms with van der Waals surface area (Å²) in [5.41, 5.74) is 0.227. The van der Waals surface area contributed by atoms with Gasteiger partial charge in [-0.3, -0.25) is 0 Å². The number of carboxylic acids is 1. The molecule has 0 saturated carbocycles. The van der Waals surface area contributed by atoms with Crippen LogP contribution in [0.25, 0.3) is 0 Å². The first-order chi connectivity index (χ1) is 10.7. The Kier molecular flexibility index (Phi) is 7.32. The van der Waals surface area contributed by atoms with E-state index in [4.69, 9.17) is 21.1 Å². The van der Waals surface area contributed by atoms with Gasteiger partial charge in [0.15, 0.2) is 6.10 Å². The molecule has 0 bridgehead atoms. The highest BCUT2D eigenvalue weighted by atomic mass is 35.5. The second-order valence-corrected chi connectivity index (χ2v) is 6.39. The number of hydrogen-bond acceptors (Lipinski definition) is 4. The van der Waals surface area contributed by atoms with E-state index in [0.717, 1.165) is 5.56 Å². The third kappa shape index (κ3) is 8.42. The van der Waals surface area contributed by atoms with Gasteiger partial charge in [0.05, 0.1) is 6.61 Å². The highest BCUT2D eigenvalue weighted by Gasteiger charge is 2.19. The highest BCUT2D eigenvalue weighted by molar-refractivity contribution is 6.30. The Morgan fingerprint density at radius 1 is 1.26 bits per heavy atom. The number of aliphatic carboxylic acids is 1. The molecule has 0 aliphatic rings. The third-order valence-electron chi connectivity index (χ3n) is 2.70. The molecule has 1 amide bonds. The van der Waals surface area contributed by atoms with Crippen molar-refractivity contribution < 1.29 is 24.2 Å². The van der Waals surface area contributed by atoms with Crippen molar-refractivity contribution in [2.24, 2.45) is 0 Å². The Bertz CT molecular complexity index is 524. The number of ether oxygens (including phenoxy) is 2. The molecule has 0 spiro atoms. The van der Waals surface area contributed by atoms with Crippen molar-refractivity contribution in [2.75, 3.05) is 13.2 Å². The Labute approximate surface area is 140 Å². The minimum atomic E-state index is -1.06. The highest BCUT2D eigenvalue weighted by Crippen LogP contribution is 2.12. The maximum absolute atomic E-state index is 11.4. The number of halogens is 1. The van der Waals surface area contributed by atoms with Crippen LogP contribution in [-0.2, 0) is 20.7 Å². The molecule has 1 unspecified atom stereocenters. The van der Waals surface area contributed by atoms with E-state index in [-0.39, 0.29) is 19.6 Å². The van der Waals surface area contributed by atoms with E-state index in [1.807, 2.05) is 0 Å². The second-order valence-electron chi connectivity index (χ2n) is 5.96. The molecule has 0 heterocycles. The van der Waals surface area contributed by atoms with Gasteiger partial charge in [-0.25, -0.2) is 9.59 Å². The minimum absolute atomic E-state index is 0.0732. The molecule has 1 rings (SSSR count). The molecule has 0 radical (unpaired) electrons. The molecule has 128 valence electrons. The average Bonchev–Trinajstić information content (AvgIpc) is 2.42. The van der Waals surface area contributed by atoms with E-state index >= 15 is 0 Å². The van der Waals surface area contributed by atoms with Crippen LogP contribution in [0.4, 0.5) is 4.79 Å². The first kappa shape index (κ1) is 19.3. The lowest BCUT2D eigenvalue weighted by Crippen LogP contribution is -2.36. The van der Waals surface area contributed by atoms with Crippen LogP contribution < -0.4 is 5.32 Å². The van der Waals surface area contributed by atoms with Crippen LogP contribution in [0.1, 0.15) is 26.3 Å². The zero-order valence-electron chi connectivity index (χ0n) is 13.5. The minimum Gasteiger partial charge on any atom is -0.479 e. The van der Waals surface area contributed by atoms with E-state index in [0.29, 0.717) is 5.02 Å². The summed E-state index contributed by atoms with van der Waals surface area (Å²) in [6.07, 6.45) is -1.33. The molecular formula is C16H22ClNO5. The second kappa shape index (κ2) is 8.74. The summed E-state index contributed by atoms with van der Waals surface area (Å²) in [6.45, 7) is 5.52. The van der Waals surface area contributed by atoms with E-state index in [1.165, 1.54) is 0 Å². The fraction of sp³-hybridized carbons (Fsp3) is 0.500. The summed E-state index contributed by atoms with van der Waals surface area (Å²) in [4.78, 5) is 22.7. The molecule has 23 heavy (non-hydrogen) atoms. The number of amides is 1. The summed E-state index contributed by atoms with van der Waals surface area (Å²) in [5, 5.41) is 12.3. The maximum Gasteiger partial charge on any atom is 0.407 e. The predicted octanol–water partition coefficient (Wildman–Crippen LogP) is 2.88. The van der Waals surface area contributed by atoms with Crippen molar-refractivity contribution >= 4 is 23.7 Å². The van der Waals surface area contributed by atoms with Gasteiger partial charge in [-0.1, -0.05) is 23.7 Å². The molecule has 7 heteroatoms. The Balaban J connectivity index is 2.38. The maximum atomic E-state index is 11.4. The van der Waals surface area contributed by atoms with Gasteiger partial charge in [-0.2, -0.15) is 0 Å². The lowest BCUT2D eigenvalue weighted by Gasteiger charge is -2.20. The largest absolute Gasteiger partial charge is 0.479 e. The zero-order valence-corrected chi connectivity index (χ0v) is 14.2. The quantitative estimate of drug-likeness (QED) is 0.743. The van der Waals surface area contributed by atoms with E-state index in [1.54, 1.807) is 45.0 Å². The third-order valence-corrected chi connectivity index (χ3v) is 2.95. The van der Waals surface area contributed by atoms with Crippen LogP contribution in [0.15, 0.2) is 24.3 Å². The van der Waals surface area contributed by atoms with Crippen LogP contribution in [-0.4, -0.2) is 42.0 Å². The lowest BCUT2D eigenvalue weighted by molar-refractivity contribution is -0.150. The van der Waals surface area contributed by atoms with Gasteiger partial charge in [0.25, 0.3) is 0 Å². The van der Waals surface area contributed by atoms with Crippen molar-refractivity contribution in [2.45, 2.75) is 38.9 Å². The van der Waals surface area contributed by atoms with E-state index in [9.17, 15) is 14.7 Å². The summed E-state index contributed by atoms with van der Waals surface area (Å²) in [6, 6.07) is 6.89. The molecule has 0 fully saturated rings. The zero-order chi connectivity index (χ0) is 17.5. The fourth-order valence-corrected chi connectivity index (χ4v) is 1.85. The first-order valence-electron chi connectivity index (χ1n) is 7.23. The van der Waals surface area contributed by atoms with Crippen LogP contribution >= 0.6 is 11.6 Å². The van der Waals surface area contributed by atoms with Crippen LogP contribution in [0.2, 0.25) is 5.02 Å². The molecule has 0 aromatic heterocycles. The van der Waals surface area contributed by atoms with Crippen molar-refractivity contribution in [1.82, 2.24) is 5.32 Å². The summed E-state index contributed by atoms with van der Waals surface area (Å²) < 4.78 is 10.4. The fourth-order valence-electron chi connectivity index (χ4n) is 1.72. The van der Waals surface area contributed by atoms with E-state index < -0.39 is 23.8 Å². The van der Waals surface area contributed by atoms with E-state index in [2.05, 4.69) is 5.32 Å². The van der Waals surface area contributed by atoms with Crippen molar-refractivity contribution in [3.05, 3.63) is 34.9 Å². The first-order valence-corrected chi connectivity index (χ1v) is 7.61. The Morgan fingerprint density at radius 2 is 1.87 bits per heavy atom. The topological polar surface area (TPSA) is 84.9 Å². The molecule has 0 aliphatic heterocycles. The normalized spacial score (nSPS) is 12.5. The number of nitrogens with one attached hydrogen (secondary N) is 1. The Morgan fingerprint density at radius 3 is 2.39 bits per heavy atom. The van der Waals surface area contributed by atoms with Gasteiger partial charge in [-0.15, -0.1) is 0 Å². The number of benzene rings is 1. The van der Waals surface area contributed by atoms with Gasteiger partial charge in [0.2, 0.25) is 0 Å². The number of hydrogen-bond donors (Lipinski definition) is 2. The van der Waals surface area contributed by atoms with Crippen LogP contribution in [0.3, 0.4) is 0 Å². The molecule has 6 nitrogen and oxygen atoms in total. The standard InChI is InChI=1S/C16H22ClNO5/c1-16(2,3)23-15(21)18-8-9-22-13(14(19)20)10-11-4-6-12(17)7-5-11/h4-7,13H,8-10H2,1-3H3,(H,18,21)(H,19,20). The van der Waals surface area contributed by atoms with Crippen LogP contribution in [0, 0.1) is 0 Å². The number of alkyl carbamates (subject to hydrolysis) is 1. The molecule has 2 N–H and O–H groups in total. The summed E-state index contributed by atoms with van der Waals surface area (Å²) in [7, 11) is 0. The van der Waals surface area contributed by atoms with Crippen molar-refractivity contribution in [1.29, 1.82) is 0 Å². The molecule has 1 aromatic rings. The number of rotatable bonds is 7. The van der Waals surface area contributed by atoms with Crippen LogP contribution in [0.5, 0.6) is 0 Å². The van der Waals surface area contributed by atoms with Crippen molar-refractivity contribution in [3.8, 4) is 0 Å². The average molecular weight is 344 g/mol. The molecule has 0 aliphatic carbocycles. The molecule has 1 atom stereocenters. The molecule has 0 saturated heterocycles. The van der Waals surface area contributed by atoms with Gasteiger partial charge >= 0.3 is 12.1 Å². The van der Waals surface area contributed by atoms with Crippen molar-refractivity contribution in [3.63, 3.8) is 0 Å². The number of carbonyl (C=O) groups is 2. The SMILES string of the molecule is CC(C)(C)OC(=O)NCCOC(Cc1ccc(Cl)cc1)C(=O)O. The van der Waals surface area contributed by atoms with Gasteiger partial charge in [0.1, 0.15) is 5.60 Å². The smallest absolute Gasteiger partial charge is 0.407 e. The van der Waals surface area contributed by atoms with Gasteiger partial charge in [0, 0.05) is 18.0 Å².